The average Bonchev–Trinajstić information content (AvgIpc) is 3.22. The molecule has 36 heavy (non-hydrogen) atoms. The number of methoxy groups -OCH3 is 3. The van der Waals surface area contributed by atoms with Crippen LogP contribution in [0.5, 0.6) is 28.7 Å². The van der Waals surface area contributed by atoms with Gasteiger partial charge in [0.25, 0.3) is 0 Å². The summed E-state index contributed by atoms with van der Waals surface area (Å²) in [5.74, 6) is 2.00. The number of benzene rings is 3. The third-order valence-corrected chi connectivity index (χ3v) is 6.71. The summed E-state index contributed by atoms with van der Waals surface area (Å²) in [6.45, 7) is 0.279. The number of rotatable bonds is 11. The van der Waals surface area contributed by atoms with Gasteiger partial charge in [0, 0.05) is 22.7 Å². The first kappa shape index (κ1) is 27.8. The number of carbonyl (C=O) groups is 1. The van der Waals surface area contributed by atoms with Crippen LogP contribution in [0.2, 0.25) is 0 Å². The molecule has 4 aromatic rings. The molecule has 0 saturated heterocycles. The van der Waals surface area contributed by atoms with E-state index in [2.05, 4.69) is 5.32 Å². The molecule has 4 rings (SSSR count). The van der Waals surface area contributed by atoms with E-state index >= 15 is 0 Å². The number of fused-ring (bicyclic) bond motifs is 1. The molecule has 1 N–H and O–H groups in total. The minimum atomic E-state index is -1.16. The predicted octanol–water partition coefficient (Wildman–Crippen LogP) is 1.17. The number of carboxylic acid groups (broad SMARTS) is 1. The fourth-order valence-corrected chi connectivity index (χ4v) is 4.84. The maximum Gasteiger partial charge on any atom is 1.00 e. The molecule has 3 aromatic carbocycles. The van der Waals surface area contributed by atoms with Gasteiger partial charge in [-0.15, -0.1) is 11.3 Å². The summed E-state index contributed by atoms with van der Waals surface area (Å²) < 4.78 is 23.4. The molecule has 0 radical (unpaired) electrons. The second kappa shape index (κ2) is 13.0. The van der Waals surface area contributed by atoms with Crippen molar-refractivity contribution in [1.82, 2.24) is 5.32 Å². The van der Waals surface area contributed by atoms with Crippen molar-refractivity contribution in [3.63, 3.8) is 0 Å². The van der Waals surface area contributed by atoms with Crippen molar-refractivity contribution in [2.75, 3.05) is 21.3 Å². The van der Waals surface area contributed by atoms with E-state index in [1.165, 1.54) is 11.3 Å². The normalized spacial score (nSPS) is 11.4. The van der Waals surface area contributed by atoms with Crippen molar-refractivity contribution in [1.29, 1.82) is 0 Å². The third kappa shape index (κ3) is 6.52. The topological polar surface area (TPSA) is 89.1 Å². The Morgan fingerprint density at radius 1 is 0.917 bits per heavy atom. The van der Waals surface area contributed by atoms with Crippen LogP contribution in [0.4, 0.5) is 0 Å². The van der Waals surface area contributed by atoms with Crippen molar-refractivity contribution >= 4 is 27.4 Å². The smallest absolute Gasteiger partial charge is 0.548 e. The second-order valence-corrected chi connectivity index (χ2v) is 8.91. The van der Waals surface area contributed by atoms with Crippen LogP contribution in [-0.4, -0.2) is 33.3 Å². The molecule has 0 unspecified atom stereocenters. The van der Waals surface area contributed by atoms with Gasteiger partial charge in [0.2, 0.25) is 0 Å². The van der Waals surface area contributed by atoms with E-state index < -0.39 is 12.0 Å². The van der Waals surface area contributed by atoms with Gasteiger partial charge in [-0.1, -0.05) is 30.3 Å². The maximum absolute atomic E-state index is 11.9. The molecule has 1 aromatic heterocycles. The Morgan fingerprint density at radius 3 is 2.17 bits per heavy atom. The Labute approximate surface area is 236 Å². The van der Waals surface area contributed by atoms with Crippen LogP contribution in [-0.2, 0) is 17.8 Å². The van der Waals surface area contributed by atoms with E-state index in [0.717, 1.165) is 26.3 Å². The fraction of sp³-hybridized carbons (Fsp3) is 0.222. The summed E-state index contributed by atoms with van der Waals surface area (Å²) in [6.07, 6.45) is 0.310. The van der Waals surface area contributed by atoms with Gasteiger partial charge in [0.15, 0.2) is 17.2 Å². The zero-order chi connectivity index (χ0) is 24.8. The number of carbonyl (C=O) groups excluding carboxylic acids is 1. The van der Waals surface area contributed by atoms with Crippen molar-refractivity contribution < 1.29 is 58.4 Å². The molecule has 0 spiro atoms. The molecule has 7 nitrogen and oxygen atoms in total. The maximum atomic E-state index is 11.9. The monoisotopic (exact) mass is 515 g/mol. The first-order chi connectivity index (χ1) is 17.0. The van der Waals surface area contributed by atoms with Crippen molar-refractivity contribution in [3.8, 4) is 28.7 Å². The number of nitrogens with one attached hydrogen (secondary N) is 1. The number of hydrogen-bond donors (Lipinski definition) is 1. The van der Waals surface area contributed by atoms with Crippen molar-refractivity contribution in [2.24, 2.45) is 0 Å². The summed E-state index contributed by atoms with van der Waals surface area (Å²) in [5, 5.41) is 15.8. The van der Waals surface area contributed by atoms with Gasteiger partial charge in [-0.25, -0.2) is 0 Å². The fourth-order valence-electron chi connectivity index (χ4n) is 3.75. The molecule has 0 aliphatic heterocycles. The molecule has 0 aliphatic rings. The van der Waals surface area contributed by atoms with E-state index in [1.807, 2.05) is 66.7 Å². The van der Waals surface area contributed by atoms with Crippen molar-refractivity contribution in [2.45, 2.75) is 19.0 Å². The SMILES string of the molecule is COc1ccc(Oc2c(CN[C@@H](Cc3ccccc3)C(=O)[O-])sc3cc(OC)c(OC)cc23)cc1.[Na+]. The van der Waals surface area contributed by atoms with Crippen LogP contribution in [0.3, 0.4) is 0 Å². The number of carboxylic acids is 1. The zero-order valence-corrected chi connectivity index (χ0v) is 23.5. The van der Waals surface area contributed by atoms with Crippen LogP contribution in [0.25, 0.3) is 10.1 Å². The van der Waals surface area contributed by atoms with Crippen LogP contribution < -0.4 is 58.9 Å². The molecular weight excluding hydrogens is 489 g/mol. The second-order valence-electron chi connectivity index (χ2n) is 7.78. The van der Waals surface area contributed by atoms with E-state index in [0.29, 0.717) is 29.4 Å². The van der Waals surface area contributed by atoms with E-state index in [4.69, 9.17) is 18.9 Å². The van der Waals surface area contributed by atoms with Gasteiger partial charge in [0.1, 0.15) is 11.5 Å². The van der Waals surface area contributed by atoms with Crippen LogP contribution >= 0.6 is 11.3 Å². The van der Waals surface area contributed by atoms with Gasteiger partial charge in [-0.05, 0) is 42.3 Å². The van der Waals surface area contributed by atoms with Gasteiger partial charge < -0.3 is 34.2 Å². The number of aliphatic carboxylic acids is 1. The van der Waals surface area contributed by atoms with Crippen LogP contribution in [0, 0.1) is 0 Å². The number of hydrogen-bond acceptors (Lipinski definition) is 8. The van der Waals surface area contributed by atoms with Gasteiger partial charge in [0.05, 0.1) is 38.2 Å². The standard InChI is InChI=1S/C27H27NO6S.Na/c1-31-18-9-11-19(12-10-18)34-26-20-14-22(32-2)23(33-3)15-24(20)35-25(26)16-28-21(27(29)30)13-17-7-5-4-6-8-17;/h4-12,14-15,21,28H,13,16H2,1-3H3,(H,29,30);/q;+1/p-1/t21-;/m0./s1. The summed E-state index contributed by atoms with van der Waals surface area (Å²) >= 11 is 1.50. The molecule has 0 aliphatic carbocycles. The molecule has 0 amide bonds. The molecule has 182 valence electrons. The summed E-state index contributed by atoms with van der Waals surface area (Å²) in [7, 11) is 4.77. The summed E-state index contributed by atoms with van der Waals surface area (Å²) in [6, 6.07) is 19.6. The van der Waals surface area contributed by atoms with Crippen molar-refractivity contribution in [3.05, 3.63) is 77.2 Å². The quantitative estimate of drug-likeness (QED) is 0.300. The molecule has 0 fully saturated rings. The third-order valence-electron chi connectivity index (χ3n) is 5.57. The Hall–Kier alpha value is -2.75. The molecule has 0 saturated carbocycles. The average molecular weight is 516 g/mol. The first-order valence-electron chi connectivity index (χ1n) is 11.0. The molecule has 0 bridgehead atoms. The minimum absolute atomic E-state index is 0. The van der Waals surface area contributed by atoms with E-state index in [9.17, 15) is 9.90 Å². The summed E-state index contributed by atoms with van der Waals surface area (Å²) in [5.41, 5.74) is 0.912. The molecule has 1 heterocycles. The van der Waals surface area contributed by atoms with Crippen LogP contribution in [0.15, 0.2) is 66.7 Å². The molecular formula is C27H26NNaO6S. The van der Waals surface area contributed by atoms with Gasteiger partial charge >= 0.3 is 29.6 Å². The Kier molecular flexibility index (Phi) is 10.0. The Balaban J connectivity index is 0.00000361. The largest absolute Gasteiger partial charge is 1.00 e. The van der Waals surface area contributed by atoms with Gasteiger partial charge in [-0.3, -0.25) is 0 Å². The summed E-state index contributed by atoms with van der Waals surface area (Å²) in [4.78, 5) is 12.7. The molecule has 9 heteroatoms. The number of thiophene rings is 1. The first-order valence-corrected chi connectivity index (χ1v) is 11.8. The Bertz CT molecular complexity index is 1290. The van der Waals surface area contributed by atoms with Gasteiger partial charge in [-0.2, -0.15) is 0 Å². The van der Waals surface area contributed by atoms with E-state index in [1.54, 1.807) is 21.3 Å². The van der Waals surface area contributed by atoms with E-state index in [-0.39, 0.29) is 36.1 Å². The predicted molar refractivity (Wildman–Crippen MR) is 134 cm³/mol. The number of ether oxygens (including phenoxy) is 4. The Morgan fingerprint density at radius 2 is 1.56 bits per heavy atom. The van der Waals surface area contributed by atoms with Crippen LogP contribution in [0.1, 0.15) is 10.4 Å². The minimum Gasteiger partial charge on any atom is -0.548 e. The zero-order valence-electron chi connectivity index (χ0n) is 20.7. The molecule has 1 atom stereocenters.